The molecule has 0 atom stereocenters. The molecule has 0 spiro atoms. The largest absolute Gasteiger partial charge is 0.495 e. The van der Waals surface area contributed by atoms with Gasteiger partial charge < -0.3 is 14.5 Å². The van der Waals surface area contributed by atoms with Crippen LogP contribution in [-0.2, 0) is 0 Å². The number of anilines is 2. The SMILES string of the molecule is COc1cc(N2CCN(c3nc4ccccc4c(=O)[nH]3)CC2)ccc1Br. The fourth-order valence-corrected chi connectivity index (χ4v) is 3.65. The first-order valence-electron chi connectivity index (χ1n) is 8.48. The Balaban J connectivity index is 1.53. The minimum absolute atomic E-state index is 0.0920. The number of hydrogen-bond acceptors (Lipinski definition) is 5. The normalized spacial score (nSPS) is 14.7. The number of halogens is 1. The predicted octanol–water partition coefficient (Wildman–Crippen LogP) is 3.02. The topological polar surface area (TPSA) is 61.5 Å². The summed E-state index contributed by atoms with van der Waals surface area (Å²) >= 11 is 3.49. The van der Waals surface area contributed by atoms with Gasteiger partial charge in [0, 0.05) is 37.9 Å². The molecule has 1 aliphatic rings. The lowest BCUT2D eigenvalue weighted by atomic mass is 10.2. The second kappa shape index (κ2) is 6.99. The van der Waals surface area contributed by atoms with E-state index in [1.165, 1.54) is 0 Å². The first-order valence-corrected chi connectivity index (χ1v) is 9.27. The number of rotatable bonds is 3. The molecule has 0 unspecified atom stereocenters. The summed E-state index contributed by atoms with van der Waals surface area (Å²) in [6.07, 6.45) is 0. The minimum Gasteiger partial charge on any atom is -0.495 e. The van der Waals surface area contributed by atoms with Gasteiger partial charge >= 0.3 is 0 Å². The molecule has 3 aromatic rings. The van der Waals surface area contributed by atoms with E-state index in [1.54, 1.807) is 13.2 Å². The zero-order valence-corrected chi connectivity index (χ0v) is 16.0. The zero-order valence-electron chi connectivity index (χ0n) is 14.4. The van der Waals surface area contributed by atoms with Gasteiger partial charge in [0.1, 0.15) is 5.75 Å². The van der Waals surface area contributed by atoms with E-state index in [4.69, 9.17) is 4.74 Å². The highest BCUT2D eigenvalue weighted by Gasteiger charge is 2.20. The van der Waals surface area contributed by atoms with Crippen LogP contribution in [0.25, 0.3) is 10.9 Å². The van der Waals surface area contributed by atoms with Crippen LogP contribution in [0.1, 0.15) is 0 Å². The lowest BCUT2D eigenvalue weighted by molar-refractivity contribution is 0.412. The van der Waals surface area contributed by atoms with Crippen molar-refractivity contribution >= 4 is 38.5 Å². The van der Waals surface area contributed by atoms with Crippen LogP contribution in [-0.4, -0.2) is 43.3 Å². The van der Waals surface area contributed by atoms with E-state index in [1.807, 2.05) is 30.3 Å². The Bertz CT molecular complexity index is 996. The van der Waals surface area contributed by atoms with Crippen molar-refractivity contribution in [2.75, 3.05) is 43.1 Å². The molecule has 2 aromatic carbocycles. The molecule has 1 aliphatic heterocycles. The standard InChI is InChI=1S/C19H19BrN4O2/c1-26-17-12-13(6-7-15(17)20)23-8-10-24(11-9-23)19-21-16-5-3-2-4-14(16)18(25)22-19/h2-7,12H,8-11H2,1H3,(H,21,22,25). The summed E-state index contributed by atoms with van der Waals surface area (Å²) in [7, 11) is 1.67. The molecular weight excluding hydrogens is 396 g/mol. The lowest BCUT2D eigenvalue weighted by Gasteiger charge is -2.36. The molecule has 26 heavy (non-hydrogen) atoms. The Morgan fingerprint density at radius 1 is 1.08 bits per heavy atom. The van der Waals surface area contributed by atoms with Gasteiger partial charge in [-0.05, 0) is 40.2 Å². The highest BCUT2D eigenvalue weighted by molar-refractivity contribution is 9.10. The van der Waals surface area contributed by atoms with Crippen molar-refractivity contribution < 1.29 is 4.74 Å². The van der Waals surface area contributed by atoms with Gasteiger partial charge in [0.25, 0.3) is 5.56 Å². The number of nitrogens with one attached hydrogen (secondary N) is 1. The van der Waals surface area contributed by atoms with Crippen LogP contribution in [0.2, 0.25) is 0 Å². The molecule has 2 heterocycles. The number of piperazine rings is 1. The van der Waals surface area contributed by atoms with Gasteiger partial charge in [-0.2, -0.15) is 0 Å². The molecule has 1 fully saturated rings. The van der Waals surface area contributed by atoms with Gasteiger partial charge in [-0.3, -0.25) is 9.78 Å². The second-order valence-corrected chi connectivity index (χ2v) is 7.05. The number of fused-ring (bicyclic) bond motifs is 1. The number of aromatic amines is 1. The minimum atomic E-state index is -0.0920. The number of benzene rings is 2. The van der Waals surface area contributed by atoms with Gasteiger partial charge in [-0.15, -0.1) is 0 Å². The lowest BCUT2D eigenvalue weighted by Crippen LogP contribution is -2.47. The average molecular weight is 415 g/mol. The Morgan fingerprint density at radius 3 is 2.58 bits per heavy atom. The first-order chi connectivity index (χ1) is 12.7. The van der Waals surface area contributed by atoms with E-state index in [0.29, 0.717) is 11.3 Å². The van der Waals surface area contributed by atoms with Gasteiger partial charge in [0.15, 0.2) is 0 Å². The number of H-pyrrole nitrogens is 1. The monoisotopic (exact) mass is 414 g/mol. The van der Waals surface area contributed by atoms with Crippen molar-refractivity contribution in [1.29, 1.82) is 0 Å². The van der Waals surface area contributed by atoms with Crippen LogP contribution in [0, 0.1) is 0 Å². The third kappa shape index (κ3) is 3.14. The summed E-state index contributed by atoms with van der Waals surface area (Å²) in [5.74, 6) is 1.46. The number of nitrogens with zero attached hydrogens (tertiary/aromatic N) is 3. The van der Waals surface area contributed by atoms with E-state index < -0.39 is 0 Å². The van der Waals surface area contributed by atoms with Crippen molar-refractivity contribution in [3.63, 3.8) is 0 Å². The Hall–Kier alpha value is -2.54. The van der Waals surface area contributed by atoms with Crippen molar-refractivity contribution in [2.24, 2.45) is 0 Å². The van der Waals surface area contributed by atoms with Crippen molar-refractivity contribution in [3.05, 3.63) is 57.3 Å². The number of hydrogen-bond donors (Lipinski definition) is 1. The predicted molar refractivity (Wildman–Crippen MR) is 107 cm³/mol. The van der Waals surface area contributed by atoms with Crippen LogP contribution in [0.5, 0.6) is 5.75 Å². The van der Waals surface area contributed by atoms with E-state index in [0.717, 1.165) is 47.6 Å². The zero-order chi connectivity index (χ0) is 18.1. The van der Waals surface area contributed by atoms with Gasteiger partial charge in [0.05, 0.1) is 22.5 Å². The molecule has 0 radical (unpaired) electrons. The fraction of sp³-hybridized carbons (Fsp3) is 0.263. The number of ether oxygens (including phenoxy) is 1. The van der Waals surface area contributed by atoms with Crippen LogP contribution in [0.3, 0.4) is 0 Å². The van der Waals surface area contributed by atoms with Crippen LogP contribution in [0.15, 0.2) is 51.7 Å². The maximum absolute atomic E-state index is 12.3. The molecule has 0 amide bonds. The number of aromatic nitrogens is 2. The van der Waals surface area contributed by atoms with Crippen molar-refractivity contribution in [3.8, 4) is 5.75 Å². The van der Waals surface area contributed by atoms with Crippen LogP contribution >= 0.6 is 15.9 Å². The summed E-state index contributed by atoms with van der Waals surface area (Å²) in [6.45, 7) is 3.28. The van der Waals surface area contributed by atoms with Gasteiger partial charge in [0.2, 0.25) is 5.95 Å². The second-order valence-electron chi connectivity index (χ2n) is 6.20. The van der Waals surface area contributed by atoms with Crippen LogP contribution in [0.4, 0.5) is 11.6 Å². The fourth-order valence-electron chi connectivity index (χ4n) is 3.25. The maximum atomic E-state index is 12.3. The van der Waals surface area contributed by atoms with E-state index >= 15 is 0 Å². The molecule has 6 nitrogen and oxygen atoms in total. The molecule has 134 valence electrons. The van der Waals surface area contributed by atoms with Crippen LogP contribution < -0.4 is 20.1 Å². The average Bonchev–Trinajstić information content (AvgIpc) is 2.68. The van der Waals surface area contributed by atoms with Crippen molar-refractivity contribution in [1.82, 2.24) is 9.97 Å². The summed E-state index contributed by atoms with van der Waals surface area (Å²) in [6, 6.07) is 13.5. The summed E-state index contributed by atoms with van der Waals surface area (Å²) in [5.41, 5.74) is 1.77. The molecule has 4 rings (SSSR count). The molecule has 1 aromatic heterocycles. The summed E-state index contributed by atoms with van der Waals surface area (Å²) in [5, 5.41) is 0.622. The summed E-state index contributed by atoms with van der Waals surface area (Å²) in [4.78, 5) is 24.3. The molecular formula is C19H19BrN4O2. The molecule has 1 N–H and O–H groups in total. The highest BCUT2D eigenvalue weighted by atomic mass is 79.9. The number of methoxy groups -OCH3 is 1. The molecule has 0 saturated carbocycles. The third-order valence-corrected chi connectivity index (χ3v) is 5.33. The molecule has 0 bridgehead atoms. The van der Waals surface area contributed by atoms with Gasteiger partial charge in [-0.1, -0.05) is 12.1 Å². The third-order valence-electron chi connectivity index (χ3n) is 4.68. The Kier molecular flexibility index (Phi) is 4.55. The van der Waals surface area contributed by atoms with Gasteiger partial charge in [-0.25, -0.2) is 4.98 Å². The smallest absolute Gasteiger partial charge is 0.260 e. The van der Waals surface area contributed by atoms with E-state index in [9.17, 15) is 4.79 Å². The quantitative estimate of drug-likeness (QED) is 0.713. The van der Waals surface area contributed by atoms with E-state index in [-0.39, 0.29) is 5.56 Å². The highest BCUT2D eigenvalue weighted by Crippen LogP contribution is 2.30. The molecule has 1 saturated heterocycles. The maximum Gasteiger partial charge on any atom is 0.260 e. The molecule has 7 heteroatoms. The molecule has 0 aliphatic carbocycles. The Morgan fingerprint density at radius 2 is 1.81 bits per heavy atom. The number of para-hydroxylation sites is 1. The first kappa shape index (κ1) is 16.9. The summed E-state index contributed by atoms with van der Waals surface area (Å²) < 4.78 is 6.33. The van der Waals surface area contributed by atoms with Crippen molar-refractivity contribution in [2.45, 2.75) is 0 Å². The van der Waals surface area contributed by atoms with E-state index in [2.05, 4.69) is 41.8 Å². The Labute approximate surface area is 159 Å².